The van der Waals surface area contributed by atoms with Crippen molar-refractivity contribution >= 4 is 28.1 Å². The first-order valence-electron chi connectivity index (χ1n) is 6.37. The maximum atomic E-state index is 10.6. The van der Waals surface area contributed by atoms with Gasteiger partial charge in [-0.1, -0.05) is 60.1 Å². The molecule has 0 aliphatic heterocycles. The SMILES string of the molecule is Nc1cc(Cl)ccc1C(O)c1cccc2ccccc12. The second-order valence-electron chi connectivity index (χ2n) is 4.74. The van der Waals surface area contributed by atoms with Gasteiger partial charge in [0, 0.05) is 16.3 Å². The standard InChI is InChI=1S/C17H14ClNO/c18-12-8-9-15(16(19)10-12)17(20)14-7-3-5-11-4-1-2-6-13(11)14/h1-10,17,20H,19H2. The van der Waals surface area contributed by atoms with E-state index in [2.05, 4.69) is 0 Å². The van der Waals surface area contributed by atoms with Crippen LogP contribution in [0, 0.1) is 0 Å². The number of hydrogen-bond donors (Lipinski definition) is 2. The summed E-state index contributed by atoms with van der Waals surface area (Å²) in [6, 6.07) is 19.0. The maximum Gasteiger partial charge on any atom is 0.107 e. The molecule has 3 rings (SSSR count). The van der Waals surface area contributed by atoms with E-state index < -0.39 is 6.10 Å². The molecule has 1 unspecified atom stereocenters. The Morgan fingerprint density at radius 1 is 0.900 bits per heavy atom. The van der Waals surface area contributed by atoms with Crippen molar-refractivity contribution in [2.45, 2.75) is 6.10 Å². The van der Waals surface area contributed by atoms with E-state index in [0.29, 0.717) is 16.3 Å². The largest absolute Gasteiger partial charge is 0.398 e. The first-order valence-corrected chi connectivity index (χ1v) is 6.75. The van der Waals surface area contributed by atoms with E-state index in [-0.39, 0.29) is 0 Å². The molecule has 0 spiro atoms. The van der Waals surface area contributed by atoms with Crippen molar-refractivity contribution in [1.82, 2.24) is 0 Å². The third-order valence-electron chi connectivity index (χ3n) is 3.46. The van der Waals surface area contributed by atoms with Gasteiger partial charge in [0.2, 0.25) is 0 Å². The predicted molar refractivity (Wildman–Crippen MR) is 83.9 cm³/mol. The maximum absolute atomic E-state index is 10.6. The van der Waals surface area contributed by atoms with Crippen molar-refractivity contribution < 1.29 is 5.11 Å². The van der Waals surface area contributed by atoms with Gasteiger partial charge < -0.3 is 10.8 Å². The number of rotatable bonds is 2. The lowest BCUT2D eigenvalue weighted by Crippen LogP contribution is -2.04. The smallest absolute Gasteiger partial charge is 0.107 e. The fraction of sp³-hybridized carbons (Fsp3) is 0.0588. The molecule has 0 radical (unpaired) electrons. The Kier molecular flexibility index (Phi) is 3.35. The Morgan fingerprint density at radius 3 is 2.45 bits per heavy atom. The third kappa shape index (κ3) is 2.24. The summed E-state index contributed by atoms with van der Waals surface area (Å²) in [4.78, 5) is 0. The van der Waals surface area contributed by atoms with Gasteiger partial charge in [0.25, 0.3) is 0 Å². The van der Waals surface area contributed by atoms with E-state index >= 15 is 0 Å². The molecule has 3 aromatic rings. The van der Waals surface area contributed by atoms with Crippen LogP contribution in [0.1, 0.15) is 17.2 Å². The zero-order valence-electron chi connectivity index (χ0n) is 10.8. The van der Waals surface area contributed by atoms with Gasteiger partial charge in [-0.15, -0.1) is 0 Å². The number of hydrogen-bond acceptors (Lipinski definition) is 2. The number of aliphatic hydroxyl groups is 1. The van der Waals surface area contributed by atoms with Crippen molar-refractivity contribution in [3.05, 3.63) is 76.8 Å². The van der Waals surface area contributed by atoms with E-state index in [1.165, 1.54) is 0 Å². The topological polar surface area (TPSA) is 46.2 Å². The summed E-state index contributed by atoms with van der Waals surface area (Å²) >= 11 is 5.90. The highest BCUT2D eigenvalue weighted by molar-refractivity contribution is 6.30. The number of anilines is 1. The summed E-state index contributed by atoms with van der Waals surface area (Å²) in [5, 5.41) is 13.3. The molecule has 0 aliphatic rings. The van der Waals surface area contributed by atoms with Crippen LogP contribution in [0.15, 0.2) is 60.7 Å². The Hall–Kier alpha value is -2.03. The molecule has 0 heterocycles. The molecule has 0 aliphatic carbocycles. The molecule has 1 atom stereocenters. The number of nitrogens with two attached hydrogens (primary N) is 1. The highest BCUT2D eigenvalue weighted by atomic mass is 35.5. The van der Waals surface area contributed by atoms with Gasteiger partial charge in [0.15, 0.2) is 0 Å². The summed E-state index contributed by atoms with van der Waals surface area (Å²) in [7, 11) is 0. The van der Waals surface area contributed by atoms with Gasteiger partial charge in [-0.25, -0.2) is 0 Å². The Morgan fingerprint density at radius 2 is 1.65 bits per heavy atom. The van der Waals surface area contributed by atoms with Crippen molar-refractivity contribution in [3.63, 3.8) is 0 Å². The molecule has 0 saturated carbocycles. The van der Waals surface area contributed by atoms with Crippen molar-refractivity contribution in [2.75, 3.05) is 5.73 Å². The fourth-order valence-electron chi connectivity index (χ4n) is 2.45. The van der Waals surface area contributed by atoms with Gasteiger partial charge in [0.05, 0.1) is 0 Å². The van der Waals surface area contributed by atoms with Crippen LogP contribution in [0.2, 0.25) is 5.02 Å². The number of benzene rings is 3. The molecule has 100 valence electrons. The summed E-state index contributed by atoms with van der Waals surface area (Å²) in [5.74, 6) is 0. The lowest BCUT2D eigenvalue weighted by Gasteiger charge is -2.16. The quantitative estimate of drug-likeness (QED) is 0.694. The molecule has 3 heteroatoms. The normalized spacial score (nSPS) is 12.5. The van der Waals surface area contributed by atoms with Gasteiger partial charge in [0.1, 0.15) is 6.10 Å². The lowest BCUT2D eigenvalue weighted by molar-refractivity contribution is 0.222. The number of fused-ring (bicyclic) bond motifs is 1. The molecule has 0 bridgehead atoms. The van der Waals surface area contributed by atoms with E-state index in [0.717, 1.165) is 16.3 Å². The van der Waals surface area contributed by atoms with Crippen molar-refractivity contribution in [2.24, 2.45) is 0 Å². The molecule has 20 heavy (non-hydrogen) atoms. The molecular formula is C17H14ClNO. The van der Waals surface area contributed by atoms with Crippen LogP contribution in [0.25, 0.3) is 10.8 Å². The van der Waals surface area contributed by atoms with Crippen LogP contribution < -0.4 is 5.73 Å². The molecule has 0 aromatic heterocycles. The Bertz CT molecular complexity index is 765. The molecule has 2 nitrogen and oxygen atoms in total. The lowest BCUT2D eigenvalue weighted by atomic mass is 9.95. The zero-order chi connectivity index (χ0) is 14.1. The molecular weight excluding hydrogens is 270 g/mol. The van der Waals surface area contributed by atoms with Gasteiger partial charge in [-0.05, 0) is 28.5 Å². The first kappa shape index (κ1) is 13.0. The Labute approximate surface area is 122 Å². The molecule has 0 amide bonds. The minimum absolute atomic E-state index is 0.498. The summed E-state index contributed by atoms with van der Waals surface area (Å²) < 4.78 is 0. The second kappa shape index (κ2) is 5.16. The number of halogens is 1. The van der Waals surface area contributed by atoms with Crippen molar-refractivity contribution in [1.29, 1.82) is 0 Å². The third-order valence-corrected chi connectivity index (χ3v) is 3.70. The van der Waals surface area contributed by atoms with Gasteiger partial charge >= 0.3 is 0 Å². The second-order valence-corrected chi connectivity index (χ2v) is 5.18. The van der Waals surface area contributed by atoms with Crippen molar-refractivity contribution in [3.8, 4) is 0 Å². The molecule has 3 aromatic carbocycles. The first-order chi connectivity index (χ1) is 9.66. The minimum Gasteiger partial charge on any atom is -0.398 e. The van der Waals surface area contributed by atoms with E-state index in [1.54, 1.807) is 18.2 Å². The average molecular weight is 284 g/mol. The predicted octanol–water partition coefficient (Wildman–Crippen LogP) is 4.16. The number of nitrogen functional groups attached to an aromatic ring is 1. The minimum atomic E-state index is -0.765. The summed E-state index contributed by atoms with van der Waals surface area (Å²) in [5.41, 5.74) is 7.97. The van der Waals surface area contributed by atoms with Gasteiger partial charge in [-0.2, -0.15) is 0 Å². The monoisotopic (exact) mass is 283 g/mol. The highest BCUT2D eigenvalue weighted by Crippen LogP contribution is 2.32. The average Bonchev–Trinajstić information content (AvgIpc) is 2.46. The van der Waals surface area contributed by atoms with Crippen LogP contribution in [0.3, 0.4) is 0 Å². The van der Waals surface area contributed by atoms with Crippen LogP contribution in [0.4, 0.5) is 5.69 Å². The van der Waals surface area contributed by atoms with Crippen LogP contribution >= 0.6 is 11.6 Å². The summed E-state index contributed by atoms with van der Waals surface area (Å²) in [6.45, 7) is 0. The van der Waals surface area contributed by atoms with Crippen LogP contribution in [-0.2, 0) is 0 Å². The summed E-state index contributed by atoms with van der Waals surface area (Å²) in [6.07, 6.45) is -0.765. The van der Waals surface area contributed by atoms with Crippen LogP contribution in [-0.4, -0.2) is 5.11 Å². The molecule has 0 saturated heterocycles. The number of aliphatic hydroxyl groups excluding tert-OH is 1. The van der Waals surface area contributed by atoms with Gasteiger partial charge in [-0.3, -0.25) is 0 Å². The fourth-order valence-corrected chi connectivity index (χ4v) is 2.63. The highest BCUT2D eigenvalue weighted by Gasteiger charge is 2.15. The Balaban J connectivity index is 2.15. The van der Waals surface area contributed by atoms with E-state index in [9.17, 15) is 5.11 Å². The van der Waals surface area contributed by atoms with Crippen LogP contribution in [0.5, 0.6) is 0 Å². The van der Waals surface area contributed by atoms with E-state index in [4.69, 9.17) is 17.3 Å². The van der Waals surface area contributed by atoms with E-state index in [1.807, 2.05) is 42.5 Å². The molecule has 0 fully saturated rings. The zero-order valence-corrected chi connectivity index (χ0v) is 11.5. The molecule has 3 N–H and O–H groups in total.